The summed E-state index contributed by atoms with van der Waals surface area (Å²) in [7, 11) is 0. The van der Waals surface area contributed by atoms with E-state index in [9.17, 15) is 0 Å². The number of rotatable bonds is 9. The Bertz CT molecular complexity index is 1130. The summed E-state index contributed by atoms with van der Waals surface area (Å²) in [4.78, 5) is 12.2. The van der Waals surface area contributed by atoms with Gasteiger partial charge in [-0.3, -0.25) is 0 Å². The van der Waals surface area contributed by atoms with E-state index in [-0.39, 0.29) is 0 Å². The minimum absolute atomic E-state index is 0.559. The number of oxazole rings is 1. The quantitative estimate of drug-likeness (QED) is 0.294. The summed E-state index contributed by atoms with van der Waals surface area (Å²) in [5.41, 5.74) is 3.80. The fourth-order valence-corrected chi connectivity index (χ4v) is 3.59. The molecule has 2 heterocycles. The number of aromatic nitrogens is 3. The fraction of sp³-hybridized carbons (Fsp3) is 0.280. The van der Waals surface area contributed by atoms with Crippen molar-refractivity contribution in [3.63, 3.8) is 0 Å². The number of hydrogen-bond acceptors (Lipinski definition) is 4. The van der Waals surface area contributed by atoms with Gasteiger partial charge in [0.25, 0.3) is 0 Å². The van der Waals surface area contributed by atoms with Crippen LogP contribution in [-0.2, 0) is 6.42 Å². The highest BCUT2D eigenvalue weighted by Gasteiger charge is 2.17. The Kier molecular flexibility index (Phi) is 6.73. The molecule has 0 atom stereocenters. The fourth-order valence-electron chi connectivity index (χ4n) is 3.46. The van der Waals surface area contributed by atoms with E-state index >= 15 is 0 Å². The SMILES string of the molecule is Cc1ncc(-c2nc(-c3ccc(Cl)cc3)c(CCCCCOc3ccccc3C)o2)[nH]1. The summed E-state index contributed by atoms with van der Waals surface area (Å²) >= 11 is 6.06. The van der Waals surface area contributed by atoms with E-state index < -0.39 is 0 Å². The third-order valence-corrected chi connectivity index (χ3v) is 5.40. The topological polar surface area (TPSA) is 63.9 Å². The van der Waals surface area contributed by atoms with Crippen LogP contribution in [0.2, 0.25) is 5.02 Å². The van der Waals surface area contributed by atoms with Gasteiger partial charge >= 0.3 is 0 Å². The number of nitrogens with zero attached hydrogens (tertiary/aromatic N) is 2. The zero-order chi connectivity index (χ0) is 21.6. The van der Waals surface area contributed by atoms with E-state index in [1.54, 1.807) is 6.20 Å². The van der Waals surface area contributed by atoms with Crippen molar-refractivity contribution < 1.29 is 9.15 Å². The zero-order valence-corrected chi connectivity index (χ0v) is 18.6. The molecule has 1 N–H and O–H groups in total. The van der Waals surface area contributed by atoms with Crippen LogP contribution in [0.4, 0.5) is 0 Å². The Morgan fingerprint density at radius 2 is 1.81 bits per heavy atom. The molecule has 5 nitrogen and oxygen atoms in total. The number of aryl methyl sites for hydroxylation is 3. The van der Waals surface area contributed by atoms with E-state index in [0.717, 1.165) is 60.0 Å². The molecule has 31 heavy (non-hydrogen) atoms. The van der Waals surface area contributed by atoms with Crippen LogP contribution in [0.25, 0.3) is 22.8 Å². The first kappa shape index (κ1) is 21.2. The van der Waals surface area contributed by atoms with Gasteiger partial charge in [0, 0.05) is 17.0 Å². The predicted molar refractivity (Wildman–Crippen MR) is 123 cm³/mol. The molecule has 0 radical (unpaired) electrons. The van der Waals surface area contributed by atoms with Crippen molar-refractivity contribution in [2.75, 3.05) is 6.61 Å². The third-order valence-electron chi connectivity index (χ3n) is 5.15. The standard InChI is InChI=1S/C25H26ClN3O2/c1-17-8-5-6-9-22(17)30-15-7-3-4-10-23-24(19-11-13-20(26)14-12-19)29-25(31-23)21-16-27-18(2)28-21/h5-6,8-9,11-14,16H,3-4,7,10,15H2,1-2H3,(H,27,28). The second-order valence-corrected chi connectivity index (χ2v) is 8.04. The van der Waals surface area contributed by atoms with Gasteiger partial charge < -0.3 is 14.1 Å². The highest BCUT2D eigenvalue weighted by Crippen LogP contribution is 2.30. The van der Waals surface area contributed by atoms with Crippen LogP contribution >= 0.6 is 11.6 Å². The number of para-hydroxylation sites is 1. The Morgan fingerprint density at radius 3 is 2.55 bits per heavy atom. The van der Waals surface area contributed by atoms with Crippen LogP contribution < -0.4 is 4.74 Å². The molecule has 0 saturated heterocycles. The number of imidazole rings is 1. The second kappa shape index (κ2) is 9.84. The first-order chi connectivity index (χ1) is 15.1. The van der Waals surface area contributed by atoms with Crippen molar-refractivity contribution >= 4 is 11.6 Å². The first-order valence-electron chi connectivity index (χ1n) is 10.6. The Balaban J connectivity index is 1.40. The molecular weight excluding hydrogens is 410 g/mol. The molecule has 4 aromatic rings. The number of unbranched alkanes of at least 4 members (excludes halogenated alkanes) is 2. The summed E-state index contributed by atoms with van der Waals surface area (Å²) in [6.07, 6.45) is 5.59. The summed E-state index contributed by atoms with van der Waals surface area (Å²) < 4.78 is 12.0. The van der Waals surface area contributed by atoms with Crippen LogP contribution in [0.15, 0.2) is 59.1 Å². The smallest absolute Gasteiger partial charge is 0.245 e. The van der Waals surface area contributed by atoms with Crippen LogP contribution in [0.3, 0.4) is 0 Å². The van der Waals surface area contributed by atoms with Crippen LogP contribution in [0.5, 0.6) is 5.75 Å². The Morgan fingerprint density at radius 1 is 1.00 bits per heavy atom. The van der Waals surface area contributed by atoms with Crippen molar-refractivity contribution in [3.8, 4) is 28.6 Å². The van der Waals surface area contributed by atoms with Crippen LogP contribution in [-0.4, -0.2) is 21.6 Å². The summed E-state index contributed by atoms with van der Waals surface area (Å²) in [5.74, 6) is 3.23. The van der Waals surface area contributed by atoms with Crippen molar-refractivity contribution in [2.45, 2.75) is 39.5 Å². The van der Waals surface area contributed by atoms with E-state index in [0.29, 0.717) is 17.5 Å². The van der Waals surface area contributed by atoms with Gasteiger partial charge in [-0.1, -0.05) is 41.9 Å². The maximum Gasteiger partial charge on any atom is 0.245 e. The molecule has 0 bridgehead atoms. The molecule has 2 aromatic heterocycles. The Hall–Kier alpha value is -3.05. The van der Waals surface area contributed by atoms with Gasteiger partial charge in [0.05, 0.1) is 12.8 Å². The van der Waals surface area contributed by atoms with E-state index in [2.05, 4.69) is 23.0 Å². The molecular formula is C25H26ClN3O2. The van der Waals surface area contributed by atoms with Gasteiger partial charge in [-0.05, 0) is 56.9 Å². The minimum Gasteiger partial charge on any atom is -0.493 e. The molecule has 0 aliphatic carbocycles. The van der Waals surface area contributed by atoms with Gasteiger partial charge in [-0.15, -0.1) is 0 Å². The van der Waals surface area contributed by atoms with Crippen molar-refractivity contribution in [1.82, 2.24) is 15.0 Å². The number of ether oxygens (including phenoxy) is 1. The molecule has 160 valence electrons. The number of H-pyrrole nitrogens is 1. The normalized spacial score (nSPS) is 11.1. The summed E-state index contributed by atoms with van der Waals surface area (Å²) in [6.45, 7) is 4.69. The predicted octanol–water partition coefficient (Wildman–Crippen LogP) is 6.79. The van der Waals surface area contributed by atoms with Crippen LogP contribution in [0.1, 0.15) is 36.4 Å². The molecule has 0 unspecified atom stereocenters. The lowest BCUT2D eigenvalue weighted by Gasteiger charge is -2.08. The minimum atomic E-state index is 0.559. The van der Waals surface area contributed by atoms with E-state index in [4.69, 9.17) is 25.7 Å². The van der Waals surface area contributed by atoms with E-state index in [1.807, 2.05) is 49.4 Å². The number of aromatic amines is 1. The number of benzene rings is 2. The largest absolute Gasteiger partial charge is 0.493 e. The molecule has 0 saturated carbocycles. The zero-order valence-electron chi connectivity index (χ0n) is 17.8. The van der Waals surface area contributed by atoms with Gasteiger partial charge in [0.2, 0.25) is 5.89 Å². The maximum atomic E-state index is 6.14. The van der Waals surface area contributed by atoms with Gasteiger partial charge in [0.15, 0.2) is 0 Å². The number of nitrogens with one attached hydrogen (secondary N) is 1. The molecule has 6 heteroatoms. The molecule has 0 aliphatic heterocycles. The van der Waals surface area contributed by atoms with Crippen molar-refractivity contribution in [1.29, 1.82) is 0 Å². The molecule has 0 amide bonds. The third kappa shape index (κ3) is 5.36. The lowest BCUT2D eigenvalue weighted by Crippen LogP contribution is -1.99. The number of hydrogen-bond donors (Lipinski definition) is 1. The second-order valence-electron chi connectivity index (χ2n) is 7.60. The lowest BCUT2D eigenvalue weighted by molar-refractivity contribution is 0.302. The highest BCUT2D eigenvalue weighted by atomic mass is 35.5. The molecule has 4 rings (SSSR count). The monoisotopic (exact) mass is 435 g/mol. The van der Waals surface area contributed by atoms with Gasteiger partial charge in [-0.25, -0.2) is 9.97 Å². The summed E-state index contributed by atoms with van der Waals surface area (Å²) in [5, 5.41) is 0.701. The molecule has 0 aliphatic rings. The maximum absolute atomic E-state index is 6.14. The molecule has 2 aromatic carbocycles. The average Bonchev–Trinajstić information content (AvgIpc) is 3.39. The van der Waals surface area contributed by atoms with Gasteiger partial charge in [-0.2, -0.15) is 0 Å². The van der Waals surface area contributed by atoms with Crippen molar-refractivity contribution in [3.05, 3.63) is 76.9 Å². The highest BCUT2D eigenvalue weighted by molar-refractivity contribution is 6.30. The molecule has 0 spiro atoms. The molecule has 0 fully saturated rings. The lowest BCUT2D eigenvalue weighted by atomic mass is 10.1. The first-order valence-corrected chi connectivity index (χ1v) is 10.9. The Labute approximate surface area is 187 Å². The average molecular weight is 436 g/mol. The van der Waals surface area contributed by atoms with Crippen molar-refractivity contribution in [2.24, 2.45) is 0 Å². The van der Waals surface area contributed by atoms with Crippen LogP contribution in [0, 0.1) is 13.8 Å². The number of halogens is 1. The summed E-state index contributed by atoms with van der Waals surface area (Å²) in [6, 6.07) is 15.8. The van der Waals surface area contributed by atoms with E-state index in [1.165, 1.54) is 5.56 Å². The van der Waals surface area contributed by atoms with Gasteiger partial charge in [0.1, 0.15) is 28.7 Å².